The Hall–Kier alpha value is -0.0800. The Balaban J connectivity index is 1.32. The van der Waals surface area contributed by atoms with Gasteiger partial charge in [0, 0.05) is 18.9 Å². The molecular weight excluding hydrogens is 368 g/mol. The first-order valence-corrected chi connectivity index (χ1v) is 13.5. The Morgan fingerprint density at radius 1 is 0.967 bits per heavy atom. The Bertz CT molecular complexity index is 645. The Kier molecular flexibility index (Phi) is 5.42. The van der Waals surface area contributed by atoms with Crippen molar-refractivity contribution in [2.75, 3.05) is 7.11 Å². The number of hydrogen-bond acceptors (Lipinski definition) is 2. The molecule has 5 rings (SSSR count). The van der Waals surface area contributed by atoms with Crippen LogP contribution >= 0.6 is 0 Å². The topological polar surface area (TPSA) is 21.8 Å². The second kappa shape index (κ2) is 7.47. The lowest BCUT2D eigenvalue weighted by Gasteiger charge is -2.59. The van der Waals surface area contributed by atoms with Crippen molar-refractivity contribution in [2.24, 2.45) is 46.3 Å². The molecule has 1 aliphatic heterocycles. The summed E-state index contributed by atoms with van der Waals surface area (Å²) in [5, 5.41) is 0. The smallest absolute Gasteiger partial charge is 0.103 e. The lowest BCUT2D eigenvalue weighted by Crippen LogP contribution is -2.58. The zero-order valence-electron chi connectivity index (χ0n) is 20.7. The Labute approximate surface area is 186 Å². The molecule has 4 saturated carbocycles. The van der Waals surface area contributed by atoms with Gasteiger partial charge in [0.2, 0.25) is 0 Å². The number of methoxy groups -OCH3 is 1. The number of epoxide rings is 1. The van der Waals surface area contributed by atoms with Crippen LogP contribution in [-0.2, 0) is 9.47 Å². The molecule has 10 atom stereocenters. The molecule has 0 aromatic heterocycles. The SMILES string of the molecule is COC1CCC2(C)C3CCC4(C)C(C(C)CCCC(C)C)CCC4C3C[C@@H]3O[C@@]32C1. The molecule has 172 valence electrons. The lowest BCUT2D eigenvalue weighted by atomic mass is 9.44. The highest BCUT2D eigenvalue weighted by molar-refractivity contribution is 5.24. The third-order valence-electron chi connectivity index (χ3n) is 11.6. The van der Waals surface area contributed by atoms with Gasteiger partial charge in [0.25, 0.3) is 0 Å². The molecule has 4 aliphatic carbocycles. The third-order valence-corrected chi connectivity index (χ3v) is 11.6. The average molecular weight is 417 g/mol. The van der Waals surface area contributed by atoms with Gasteiger partial charge >= 0.3 is 0 Å². The van der Waals surface area contributed by atoms with E-state index in [0.29, 0.717) is 23.0 Å². The summed E-state index contributed by atoms with van der Waals surface area (Å²) in [5.74, 6) is 5.48. The van der Waals surface area contributed by atoms with E-state index in [1.54, 1.807) is 0 Å². The van der Waals surface area contributed by atoms with E-state index < -0.39 is 0 Å². The maximum absolute atomic E-state index is 6.65. The maximum Gasteiger partial charge on any atom is 0.103 e. The first-order valence-electron chi connectivity index (χ1n) is 13.5. The quantitative estimate of drug-likeness (QED) is 0.425. The molecule has 1 saturated heterocycles. The zero-order chi connectivity index (χ0) is 21.3. The van der Waals surface area contributed by atoms with E-state index in [2.05, 4.69) is 34.6 Å². The second-order valence-corrected chi connectivity index (χ2v) is 13.2. The predicted molar refractivity (Wildman–Crippen MR) is 123 cm³/mol. The molecule has 0 N–H and O–H groups in total. The van der Waals surface area contributed by atoms with Gasteiger partial charge in [-0.25, -0.2) is 0 Å². The van der Waals surface area contributed by atoms with Crippen molar-refractivity contribution >= 4 is 0 Å². The molecule has 0 aromatic carbocycles. The fourth-order valence-electron chi connectivity index (χ4n) is 9.87. The van der Waals surface area contributed by atoms with E-state index in [9.17, 15) is 0 Å². The van der Waals surface area contributed by atoms with Crippen LogP contribution in [0.1, 0.15) is 105 Å². The van der Waals surface area contributed by atoms with Crippen LogP contribution in [0.4, 0.5) is 0 Å². The minimum Gasteiger partial charge on any atom is -0.381 e. The van der Waals surface area contributed by atoms with E-state index >= 15 is 0 Å². The van der Waals surface area contributed by atoms with Gasteiger partial charge in [-0.05, 0) is 85.9 Å². The van der Waals surface area contributed by atoms with Crippen LogP contribution in [0.25, 0.3) is 0 Å². The van der Waals surface area contributed by atoms with Gasteiger partial charge < -0.3 is 9.47 Å². The van der Waals surface area contributed by atoms with E-state index in [-0.39, 0.29) is 5.60 Å². The van der Waals surface area contributed by atoms with Crippen LogP contribution in [-0.4, -0.2) is 24.9 Å². The van der Waals surface area contributed by atoms with E-state index in [1.165, 1.54) is 64.2 Å². The molecule has 8 unspecified atom stereocenters. The summed E-state index contributed by atoms with van der Waals surface area (Å²) in [6, 6.07) is 0. The molecule has 5 aliphatic rings. The normalized spacial score (nSPS) is 52.9. The van der Waals surface area contributed by atoms with Crippen molar-refractivity contribution in [3.63, 3.8) is 0 Å². The summed E-state index contributed by atoms with van der Waals surface area (Å²) in [7, 11) is 1.90. The number of hydrogen-bond donors (Lipinski definition) is 0. The van der Waals surface area contributed by atoms with Gasteiger partial charge in [-0.15, -0.1) is 0 Å². The summed E-state index contributed by atoms with van der Waals surface area (Å²) in [6.07, 6.45) is 16.2. The highest BCUT2D eigenvalue weighted by Gasteiger charge is 2.76. The van der Waals surface area contributed by atoms with E-state index in [0.717, 1.165) is 41.9 Å². The summed E-state index contributed by atoms with van der Waals surface area (Å²) < 4.78 is 12.5. The van der Waals surface area contributed by atoms with E-state index in [1.807, 2.05) is 7.11 Å². The molecule has 5 fully saturated rings. The molecule has 0 aromatic rings. The van der Waals surface area contributed by atoms with Crippen molar-refractivity contribution in [3.8, 4) is 0 Å². The summed E-state index contributed by atoms with van der Waals surface area (Å²) >= 11 is 0. The van der Waals surface area contributed by atoms with Gasteiger partial charge in [0.05, 0.1) is 12.2 Å². The van der Waals surface area contributed by atoms with Crippen molar-refractivity contribution in [3.05, 3.63) is 0 Å². The van der Waals surface area contributed by atoms with Crippen molar-refractivity contribution in [1.29, 1.82) is 0 Å². The van der Waals surface area contributed by atoms with Gasteiger partial charge in [-0.3, -0.25) is 0 Å². The highest BCUT2D eigenvalue weighted by Crippen LogP contribution is 2.74. The summed E-state index contributed by atoms with van der Waals surface area (Å²) in [5.41, 5.74) is 1.16. The fraction of sp³-hybridized carbons (Fsp3) is 1.00. The number of ether oxygens (including phenoxy) is 2. The van der Waals surface area contributed by atoms with Gasteiger partial charge in [0.1, 0.15) is 5.60 Å². The third kappa shape index (κ3) is 3.01. The number of rotatable bonds is 6. The van der Waals surface area contributed by atoms with Crippen LogP contribution in [0.5, 0.6) is 0 Å². The van der Waals surface area contributed by atoms with Crippen molar-refractivity contribution < 1.29 is 9.47 Å². The van der Waals surface area contributed by atoms with Crippen LogP contribution in [0.15, 0.2) is 0 Å². The molecular formula is C28H48O2. The first kappa shape index (κ1) is 21.7. The maximum atomic E-state index is 6.65. The average Bonchev–Trinajstić information content (AvgIpc) is 3.28. The second-order valence-electron chi connectivity index (χ2n) is 13.2. The number of fused-ring (bicyclic) bond motifs is 4. The van der Waals surface area contributed by atoms with Crippen LogP contribution < -0.4 is 0 Å². The molecule has 2 nitrogen and oxygen atoms in total. The van der Waals surface area contributed by atoms with Crippen LogP contribution in [0.2, 0.25) is 0 Å². The summed E-state index contributed by atoms with van der Waals surface area (Å²) in [6.45, 7) is 12.7. The molecule has 1 heterocycles. The standard InChI is InChI=1S/C28H48O2/c1-18(2)8-7-9-19(3)22-10-11-23-21-16-25-28(30-25)17-20(29-6)12-15-27(28,5)24(21)13-14-26(22,23)4/h18-25H,7-17H2,1-6H3/t19?,20?,21?,22?,23?,24?,25-,26?,27?,28-/m0/s1. The van der Waals surface area contributed by atoms with Gasteiger partial charge in [-0.1, -0.05) is 53.9 Å². The molecule has 0 radical (unpaired) electrons. The largest absolute Gasteiger partial charge is 0.381 e. The van der Waals surface area contributed by atoms with Gasteiger partial charge in [0.15, 0.2) is 0 Å². The Morgan fingerprint density at radius 2 is 1.77 bits per heavy atom. The van der Waals surface area contributed by atoms with Crippen molar-refractivity contribution in [1.82, 2.24) is 0 Å². The molecule has 30 heavy (non-hydrogen) atoms. The highest BCUT2D eigenvalue weighted by atomic mass is 16.6. The monoisotopic (exact) mass is 416 g/mol. The van der Waals surface area contributed by atoms with Crippen LogP contribution in [0.3, 0.4) is 0 Å². The minimum atomic E-state index is 0.170. The van der Waals surface area contributed by atoms with Crippen molar-refractivity contribution in [2.45, 2.75) is 123 Å². The molecule has 1 spiro atoms. The molecule has 2 heteroatoms. The van der Waals surface area contributed by atoms with Crippen LogP contribution in [0, 0.1) is 46.3 Å². The minimum absolute atomic E-state index is 0.170. The van der Waals surface area contributed by atoms with E-state index in [4.69, 9.17) is 9.47 Å². The molecule has 0 amide bonds. The lowest BCUT2D eigenvalue weighted by molar-refractivity contribution is -0.121. The fourth-order valence-corrected chi connectivity index (χ4v) is 9.87. The Morgan fingerprint density at radius 3 is 2.50 bits per heavy atom. The first-order chi connectivity index (χ1) is 14.2. The van der Waals surface area contributed by atoms with Gasteiger partial charge in [-0.2, -0.15) is 0 Å². The molecule has 0 bridgehead atoms. The predicted octanol–water partition coefficient (Wildman–Crippen LogP) is 7.25. The zero-order valence-corrected chi connectivity index (χ0v) is 20.7. The summed E-state index contributed by atoms with van der Waals surface area (Å²) in [4.78, 5) is 0.